The van der Waals surface area contributed by atoms with Crippen LogP contribution in [-0.4, -0.2) is 33.3 Å². The third kappa shape index (κ3) is 4.46. The summed E-state index contributed by atoms with van der Waals surface area (Å²) >= 11 is 0. The molecule has 0 heterocycles. The highest BCUT2D eigenvalue weighted by Crippen LogP contribution is 2.29. The molecule has 0 aliphatic carbocycles. The van der Waals surface area contributed by atoms with E-state index in [0.29, 0.717) is 5.56 Å². The molecule has 0 bridgehead atoms. The van der Waals surface area contributed by atoms with E-state index in [1.165, 1.54) is 26.5 Å². The number of methoxy groups -OCH3 is 2. The Kier molecular flexibility index (Phi) is 5.30. The summed E-state index contributed by atoms with van der Waals surface area (Å²) in [6.45, 7) is 0.225. The van der Waals surface area contributed by atoms with Gasteiger partial charge < -0.3 is 9.47 Å². The van der Waals surface area contributed by atoms with Crippen molar-refractivity contribution < 1.29 is 22.6 Å². The quantitative estimate of drug-likeness (QED) is 0.602. The molecule has 0 fully saturated rings. The Morgan fingerprint density at radius 2 is 1.94 bits per heavy atom. The summed E-state index contributed by atoms with van der Waals surface area (Å²) < 4.78 is 47.1. The molecule has 18 heavy (non-hydrogen) atoms. The lowest BCUT2D eigenvalue weighted by Crippen LogP contribution is -2.16. The van der Waals surface area contributed by atoms with Crippen molar-refractivity contribution in [2.75, 3.05) is 20.8 Å². The standard InChI is InChI=1S/C12H14F3NO2/c1-17-11(18-2)8-16-7-9-4-3-5-10(6-9)12(13,14)15/h3-7,11H,8H2,1-2H3. The van der Waals surface area contributed by atoms with E-state index in [0.717, 1.165) is 12.1 Å². The van der Waals surface area contributed by atoms with Crippen LogP contribution in [0.15, 0.2) is 29.3 Å². The number of nitrogens with zero attached hydrogens (tertiary/aromatic N) is 1. The van der Waals surface area contributed by atoms with Crippen molar-refractivity contribution >= 4 is 6.21 Å². The number of hydrogen-bond donors (Lipinski definition) is 0. The van der Waals surface area contributed by atoms with Crippen molar-refractivity contribution in [2.24, 2.45) is 4.99 Å². The van der Waals surface area contributed by atoms with Crippen LogP contribution in [0.1, 0.15) is 11.1 Å². The van der Waals surface area contributed by atoms with Gasteiger partial charge in [-0.1, -0.05) is 12.1 Å². The normalized spacial score (nSPS) is 12.6. The molecule has 0 atom stereocenters. The summed E-state index contributed by atoms with van der Waals surface area (Å²) in [7, 11) is 2.93. The third-order valence-electron chi connectivity index (χ3n) is 2.23. The summed E-state index contributed by atoms with van der Waals surface area (Å²) in [6, 6.07) is 4.95. The Hall–Kier alpha value is -1.40. The van der Waals surface area contributed by atoms with E-state index in [9.17, 15) is 13.2 Å². The fourth-order valence-electron chi connectivity index (χ4n) is 1.28. The Morgan fingerprint density at radius 1 is 1.28 bits per heavy atom. The van der Waals surface area contributed by atoms with Crippen molar-refractivity contribution in [2.45, 2.75) is 12.5 Å². The number of alkyl halides is 3. The first-order valence-corrected chi connectivity index (χ1v) is 5.20. The number of ether oxygens (including phenoxy) is 2. The average molecular weight is 261 g/mol. The van der Waals surface area contributed by atoms with Gasteiger partial charge in [0, 0.05) is 20.4 Å². The highest BCUT2D eigenvalue weighted by Gasteiger charge is 2.30. The van der Waals surface area contributed by atoms with Gasteiger partial charge in [0.15, 0.2) is 6.29 Å². The largest absolute Gasteiger partial charge is 0.416 e. The van der Waals surface area contributed by atoms with E-state index < -0.39 is 18.0 Å². The summed E-state index contributed by atoms with van der Waals surface area (Å²) in [5.41, 5.74) is -0.308. The van der Waals surface area contributed by atoms with E-state index in [1.807, 2.05) is 0 Å². The van der Waals surface area contributed by atoms with Crippen molar-refractivity contribution in [3.8, 4) is 0 Å². The minimum atomic E-state index is -4.34. The zero-order valence-electron chi connectivity index (χ0n) is 10.1. The molecule has 0 saturated heterocycles. The van der Waals surface area contributed by atoms with Gasteiger partial charge in [0.1, 0.15) is 0 Å². The number of hydrogen-bond acceptors (Lipinski definition) is 3. The Balaban J connectivity index is 2.71. The molecule has 1 aromatic carbocycles. The van der Waals surface area contributed by atoms with E-state index in [2.05, 4.69) is 4.99 Å². The van der Waals surface area contributed by atoms with Crippen LogP contribution in [0.3, 0.4) is 0 Å². The van der Waals surface area contributed by atoms with Gasteiger partial charge in [0.2, 0.25) is 0 Å². The zero-order chi connectivity index (χ0) is 13.6. The van der Waals surface area contributed by atoms with Crippen LogP contribution in [-0.2, 0) is 15.7 Å². The van der Waals surface area contributed by atoms with Crippen LogP contribution in [0.25, 0.3) is 0 Å². The smallest absolute Gasteiger partial charge is 0.354 e. The van der Waals surface area contributed by atoms with Crippen LogP contribution in [0.4, 0.5) is 13.2 Å². The van der Waals surface area contributed by atoms with Gasteiger partial charge in [-0.05, 0) is 17.7 Å². The zero-order valence-corrected chi connectivity index (χ0v) is 10.1. The second-order valence-electron chi connectivity index (χ2n) is 3.52. The second-order valence-corrected chi connectivity index (χ2v) is 3.52. The van der Waals surface area contributed by atoms with Crippen LogP contribution < -0.4 is 0 Å². The summed E-state index contributed by atoms with van der Waals surface area (Å²) in [5, 5.41) is 0. The van der Waals surface area contributed by atoms with Gasteiger partial charge in [-0.25, -0.2) is 0 Å². The van der Waals surface area contributed by atoms with E-state index in [4.69, 9.17) is 9.47 Å². The molecule has 0 radical (unpaired) electrons. The van der Waals surface area contributed by atoms with Crippen LogP contribution in [0, 0.1) is 0 Å². The molecule has 1 aromatic rings. The summed E-state index contributed by atoms with van der Waals surface area (Å²) in [6.07, 6.45) is -3.47. The molecule has 0 spiro atoms. The topological polar surface area (TPSA) is 30.8 Å². The maximum absolute atomic E-state index is 12.4. The van der Waals surface area contributed by atoms with Crippen LogP contribution >= 0.6 is 0 Å². The number of rotatable bonds is 5. The first kappa shape index (κ1) is 14.7. The Morgan fingerprint density at radius 3 is 2.50 bits per heavy atom. The molecule has 100 valence electrons. The molecule has 0 aromatic heterocycles. The third-order valence-corrected chi connectivity index (χ3v) is 2.23. The molecular formula is C12H14F3NO2. The van der Waals surface area contributed by atoms with Crippen LogP contribution in [0.5, 0.6) is 0 Å². The first-order valence-electron chi connectivity index (χ1n) is 5.20. The SMILES string of the molecule is COC(CN=Cc1cccc(C(F)(F)F)c1)OC. The fourth-order valence-corrected chi connectivity index (χ4v) is 1.28. The monoisotopic (exact) mass is 261 g/mol. The number of aliphatic imine (C=N–C) groups is 1. The first-order chi connectivity index (χ1) is 8.47. The lowest BCUT2D eigenvalue weighted by Gasteiger charge is -2.09. The maximum Gasteiger partial charge on any atom is 0.416 e. The highest BCUT2D eigenvalue weighted by molar-refractivity contribution is 5.79. The van der Waals surface area contributed by atoms with Crippen LogP contribution in [0.2, 0.25) is 0 Å². The van der Waals surface area contributed by atoms with E-state index in [1.54, 1.807) is 6.07 Å². The lowest BCUT2D eigenvalue weighted by atomic mass is 10.1. The Labute approximate surface area is 103 Å². The molecular weight excluding hydrogens is 247 g/mol. The van der Waals surface area contributed by atoms with Gasteiger partial charge in [-0.2, -0.15) is 13.2 Å². The van der Waals surface area contributed by atoms with Gasteiger partial charge in [0.25, 0.3) is 0 Å². The predicted molar refractivity (Wildman–Crippen MR) is 61.7 cm³/mol. The van der Waals surface area contributed by atoms with Crippen molar-refractivity contribution in [3.05, 3.63) is 35.4 Å². The van der Waals surface area contributed by atoms with Crippen molar-refractivity contribution in [1.82, 2.24) is 0 Å². The number of benzene rings is 1. The maximum atomic E-state index is 12.4. The summed E-state index contributed by atoms with van der Waals surface area (Å²) in [5.74, 6) is 0. The molecule has 0 N–H and O–H groups in total. The van der Waals surface area contributed by atoms with E-state index in [-0.39, 0.29) is 6.54 Å². The molecule has 0 saturated carbocycles. The summed E-state index contributed by atoms with van der Waals surface area (Å²) in [4.78, 5) is 3.96. The van der Waals surface area contributed by atoms with Crippen molar-refractivity contribution in [1.29, 1.82) is 0 Å². The molecule has 0 unspecified atom stereocenters. The molecule has 3 nitrogen and oxygen atoms in total. The van der Waals surface area contributed by atoms with Gasteiger partial charge in [0.05, 0.1) is 12.1 Å². The average Bonchev–Trinajstić information content (AvgIpc) is 2.34. The van der Waals surface area contributed by atoms with Gasteiger partial charge in [-0.15, -0.1) is 0 Å². The lowest BCUT2D eigenvalue weighted by molar-refractivity contribution is -0.137. The van der Waals surface area contributed by atoms with Gasteiger partial charge in [-0.3, -0.25) is 4.99 Å². The predicted octanol–water partition coefficient (Wildman–Crippen LogP) is 2.74. The number of halogens is 3. The van der Waals surface area contributed by atoms with Gasteiger partial charge >= 0.3 is 6.18 Å². The second kappa shape index (κ2) is 6.51. The minimum absolute atomic E-state index is 0.225. The van der Waals surface area contributed by atoms with E-state index >= 15 is 0 Å². The molecule has 0 amide bonds. The van der Waals surface area contributed by atoms with Crippen molar-refractivity contribution in [3.63, 3.8) is 0 Å². The molecule has 1 rings (SSSR count). The fraction of sp³-hybridized carbons (Fsp3) is 0.417. The highest BCUT2D eigenvalue weighted by atomic mass is 19.4. The molecule has 6 heteroatoms. The molecule has 0 aliphatic rings. The minimum Gasteiger partial charge on any atom is -0.354 e. The molecule has 0 aliphatic heterocycles. The Bertz CT molecular complexity index is 401.